The van der Waals surface area contributed by atoms with Crippen molar-refractivity contribution < 1.29 is 14.7 Å². The normalized spacial score (nSPS) is 15.2. The topological polar surface area (TPSA) is 17.1 Å². The quantitative estimate of drug-likeness (QED) is 0.525. The van der Waals surface area contributed by atoms with Crippen molar-refractivity contribution in [1.29, 1.82) is 0 Å². The molecule has 0 heterocycles. The van der Waals surface area contributed by atoms with E-state index in [4.69, 9.17) is 5.48 Å². The number of hydrogen-bond acceptors (Lipinski definition) is 1. The zero-order chi connectivity index (χ0) is 10.2. The van der Waals surface area contributed by atoms with Gasteiger partial charge in [-0.1, -0.05) is 0 Å². The van der Waals surface area contributed by atoms with E-state index in [2.05, 4.69) is 0 Å². The van der Waals surface area contributed by atoms with Crippen LogP contribution in [0.1, 0.15) is 15.8 Å². The highest BCUT2D eigenvalue weighted by atomic mass is 19.1. The second-order valence-corrected chi connectivity index (χ2v) is 1.35. The minimum absolute atomic E-state index is 0.181. The molecule has 46 valence electrons. The fourth-order valence-electron chi connectivity index (χ4n) is 0.366. The van der Waals surface area contributed by atoms with Crippen LogP contribution in [-0.2, 0) is 0 Å². The average molecular weight is 128 g/mol. The van der Waals surface area contributed by atoms with E-state index in [0.717, 1.165) is 0 Å². The molecule has 2 heteroatoms. The van der Waals surface area contributed by atoms with E-state index in [1.165, 1.54) is 0 Å². The molecule has 0 atom stereocenters. The predicted molar refractivity (Wildman–Crippen MR) is 31.8 cm³/mol. The van der Waals surface area contributed by atoms with Crippen LogP contribution in [0.4, 0.5) is 4.39 Å². The number of rotatable bonds is 1. The van der Waals surface area contributed by atoms with Crippen molar-refractivity contribution in [2.75, 3.05) is 0 Å². The largest absolute Gasteiger partial charge is 0.298 e. The first-order valence-electron chi connectivity index (χ1n) is 4.21. The molecule has 0 unspecified atom stereocenters. The molecule has 0 spiro atoms. The molecule has 0 aromatic heterocycles. The highest BCUT2D eigenvalue weighted by Crippen LogP contribution is 1.98. The van der Waals surface area contributed by atoms with Gasteiger partial charge in [0.1, 0.15) is 12.1 Å². The van der Waals surface area contributed by atoms with Gasteiger partial charge < -0.3 is 0 Å². The lowest BCUT2D eigenvalue weighted by Crippen LogP contribution is -1.77. The van der Waals surface area contributed by atoms with Crippen molar-refractivity contribution in [2.24, 2.45) is 0 Å². The first-order chi connectivity index (χ1) is 6.00. The Balaban J connectivity index is 3.66. The third kappa shape index (κ3) is 1.35. The molecular weight excluding hydrogens is 119 g/mol. The van der Waals surface area contributed by atoms with E-state index in [9.17, 15) is 9.18 Å². The van der Waals surface area contributed by atoms with Crippen LogP contribution < -0.4 is 0 Å². The summed E-state index contributed by atoms with van der Waals surface area (Å²) in [7, 11) is 0. The van der Waals surface area contributed by atoms with Crippen LogP contribution in [0.25, 0.3) is 0 Å². The van der Waals surface area contributed by atoms with Gasteiger partial charge in [-0.25, -0.2) is 4.39 Å². The Kier molecular flexibility index (Phi) is 0.693. The molecule has 1 aromatic rings. The molecular formula is C7H5FO. The van der Waals surface area contributed by atoms with E-state index in [0.29, 0.717) is 0 Å². The SMILES string of the molecule is [2H]c1c([2H])c(C=O)c([2H])c([2H])c1F. The van der Waals surface area contributed by atoms with Crippen molar-refractivity contribution >= 4 is 6.29 Å². The van der Waals surface area contributed by atoms with Crippen LogP contribution in [-0.4, -0.2) is 6.29 Å². The Bertz CT molecular complexity index is 348. The van der Waals surface area contributed by atoms with Gasteiger partial charge in [0.25, 0.3) is 0 Å². The van der Waals surface area contributed by atoms with Crippen LogP contribution in [0.2, 0.25) is 0 Å². The van der Waals surface area contributed by atoms with Crippen LogP contribution in [0.3, 0.4) is 0 Å². The lowest BCUT2D eigenvalue weighted by atomic mass is 10.2. The lowest BCUT2D eigenvalue weighted by molar-refractivity contribution is 0.112. The summed E-state index contributed by atoms with van der Waals surface area (Å²) in [4.78, 5) is 10.3. The number of carbonyl (C=O) groups is 1. The predicted octanol–water partition coefficient (Wildman–Crippen LogP) is 1.64. The van der Waals surface area contributed by atoms with Crippen molar-refractivity contribution in [3.05, 3.63) is 35.6 Å². The van der Waals surface area contributed by atoms with Gasteiger partial charge in [-0.05, 0) is 24.2 Å². The fraction of sp³-hybridized carbons (Fsp3) is 0. The maximum atomic E-state index is 12.8. The van der Waals surface area contributed by atoms with E-state index >= 15 is 0 Å². The summed E-state index contributed by atoms with van der Waals surface area (Å²) in [5, 5.41) is 0. The summed E-state index contributed by atoms with van der Waals surface area (Å²) in [6.07, 6.45) is 0.181. The van der Waals surface area contributed by atoms with Crippen molar-refractivity contribution in [3.8, 4) is 0 Å². The second kappa shape index (κ2) is 2.40. The molecule has 0 aliphatic rings. The molecule has 1 nitrogen and oxygen atoms in total. The standard InChI is InChI=1S/C7H5FO/c8-7-3-1-6(5-9)2-4-7/h1-5H/i1D,2D,3D,4D. The van der Waals surface area contributed by atoms with Gasteiger partial charge in [-0.3, -0.25) is 4.79 Å². The lowest BCUT2D eigenvalue weighted by Gasteiger charge is -1.86. The Morgan fingerprint density at radius 1 is 1.44 bits per heavy atom. The molecule has 0 N–H and O–H groups in total. The number of benzene rings is 1. The summed E-state index contributed by atoms with van der Waals surface area (Å²) >= 11 is 0. The summed E-state index contributed by atoms with van der Waals surface area (Å²) in [5.41, 5.74) is -0.420. The monoisotopic (exact) mass is 128 g/mol. The van der Waals surface area contributed by atoms with Crippen LogP contribution >= 0.6 is 0 Å². The van der Waals surface area contributed by atoms with Crippen LogP contribution in [0.5, 0.6) is 0 Å². The zero-order valence-electron chi connectivity index (χ0n) is 8.36. The van der Waals surface area contributed by atoms with Gasteiger partial charge >= 0.3 is 0 Å². The Morgan fingerprint density at radius 2 is 2.00 bits per heavy atom. The first kappa shape index (κ1) is 2.60. The molecule has 0 saturated heterocycles. The van der Waals surface area contributed by atoms with Crippen LogP contribution in [0, 0.1) is 5.82 Å². The minimum Gasteiger partial charge on any atom is -0.298 e. The zero-order valence-corrected chi connectivity index (χ0v) is 4.36. The molecule has 0 radical (unpaired) electrons. The maximum Gasteiger partial charge on any atom is 0.150 e. The summed E-state index contributed by atoms with van der Waals surface area (Å²) in [5.74, 6) is -1.24. The third-order valence-electron chi connectivity index (χ3n) is 0.732. The van der Waals surface area contributed by atoms with E-state index in [1.54, 1.807) is 0 Å². The molecule has 1 aromatic carbocycles. The molecule has 0 aliphatic heterocycles. The summed E-state index contributed by atoms with van der Waals surface area (Å²) in [6, 6.07) is -2.92. The summed E-state index contributed by atoms with van der Waals surface area (Å²) < 4.78 is 41.1. The van der Waals surface area contributed by atoms with Gasteiger partial charge in [0.2, 0.25) is 0 Å². The maximum absolute atomic E-state index is 12.8. The Labute approximate surface area is 57.7 Å². The third-order valence-corrected chi connectivity index (χ3v) is 0.732. The van der Waals surface area contributed by atoms with Crippen LogP contribution in [0.15, 0.2) is 24.2 Å². The number of carbonyl (C=O) groups excluding carboxylic acids is 1. The number of aldehydes is 1. The minimum atomic E-state index is -1.24. The Morgan fingerprint density at radius 3 is 2.44 bits per heavy atom. The molecule has 0 aliphatic carbocycles. The molecule has 0 fully saturated rings. The molecule has 0 saturated carbocycles. The molecule has 0 bridgehead atoms. The summed E-state index contributed by atoms with van der Waals surface area (Å²) in [6.45, 7) is 0. The van der Waals surface area contributed by atoms with Crippen molar-refractivity contribution in [2.45, 2.75) is 0 Å². The van der Waals surface area contributed by atoms with Gasteiger partial charge in [-0.15, -0.1) is 0 Å². The number of halogens is 1. The van der Waals surface area contributed by atoms with Gasteiger partial charge in [0.05, 0.1) is 5.48 Å². The van der Waals surface area contributed by atoms with E-state index in [-0.39, 0.29) is 6.29 Å². The highest BCUT2D eigenvalue weighted by Gasteiger charge is 1.87. The molecule has 9 heavy (non-hydrogen) atoms. The van der Waals surface area contributed by atoms with E-state index < -0.39 is 35.6 Å². The smallest absolute Gasteiger partial charge is 0.150 e. The molecule has 1 rings (SSSR count). The fourth-order valence-corrected chi connectivity index (χ4v) is 0.366. The van der Waals surface area contributed by atoms with Crippen molar-refractivity contribution in [1.82, 2.24) is 0 Å². The molecule has 0 amide bonds. The number of hydrogen-bond donors (Lipinski definition) is 0. The van der Waals surface area contributed by atoms with Gasteiger partial charge in [0.15, 0.2) is 0 Å². The Hall–Kier alpha value is -1.18. The van der Waals surface area contributed by atoms with Gasteiger partial charge in [-0.2, -0.15) is 0 Å². The first-order valence-corrected chi connectivity index (χ1v) is 2.21. The second-order valence-electron chi connectivity index (χ2n) is 1.35. The van der Waals surface area contributed by atoms with Gasteiger partial charge in [0, 0.05) is 5.56 Å². The van der Waals surface area contributed by atoms with E-state index in [1.807, 2.05) is 0 Å². The highest BCUT2D eigenvalue weighted by molar-refractivity contribution is 5.74. The van der Waals surface area contributed by atoms with Crippen molar-refractivity contribution in [3.63, 3.8) is 0 Å². The average Bonchev–Trinajstić information content (AvgIpc) is 2.13.